The van der Waals surface area contributed by atoms with Crippen LogP contribution in [0.15, 0.2) is 28.4 Å². The molecule has 1 rings (SSSR count). The van der Waals surface area contributed by atoms with E-state index >= 15 is 0 Å². The molecule has 0 saturated carbocycles. The van der Waals surface area contributed by atoms with E-state index in [2.05, 4.69) is 30.4 Å². The average molecular weight is 166 g/mol. The van der Waals surface area contributed by atoms with Crippen LogP contribution in [0.3, 0.4) is 0 Å². The van der Waals surface area contributed by atoms with Crippen molar-refractivity contribution in [1.82, 2.24) is 10.5 Å². The Hall–Kier alpha value is -1.09. The zero-order chi connectivity index (χ0) is 8.81. The minimum absolute atomic E-state index is 0.740. The fraction of sp³-hybridized carbons (Fsp3) is 0.444. The predicted molar refractivity (Wildman–Crippen MR) is 47.6 cm³/mol. The number of rotatable bonds is 4. The van der Waals surface area contributed by atoms with E-state index in [0.29, 0.717) is 0 Å². The Bertz CT molecular complexity index is 235. The van der Waals surface area contributed by atoms with Crippen LogP contribution in [-0.4, -0.2) is 11.7 Å². The summed E-state index contributed by atoms with van der Waals surface area (Å²) in [7, 11) is 0. The highest BCUT2D eigenvalue weighted by atomic mass is 16.5. The van der Waals surface area contributed by atoms with E-state index in [1.54, 1.807) is 6.20 Å². The van der Waals surface area contributed by atoms with Crippen LogP contribution in [0.4, 0.5) is 0 Å². The van der Waals surface area contributed by atoms with E-state index in [4.69, 9.17) is 4.52 Å². The number of hydrogen-bond acceptors (Lipinski definition) is 3. The minimum atomic E-state index is 0.740. The van der Waals surface area contributed by atoms with Crippen molar-refractivity contribution in [3.8, 4) is 0 Å². The maximum atomic E-state index is 4.91. The largest absolute Gasteiger partial charge is 0.360 e. The summed E-state index contributed by atoms with van der Waals surface area (Å²) >= 11 is 0. The van der Waals surface area contributed by atoms with Crippen molar-refractivity contribution in [2.75, 3.05) is 6.54 Å². The Morgan fingerprint density at radius 2 is 2.50 bits per heavy atom. The molecule has 1 heterocycles. The van der Waals surface area contributed by atoms with Crippen LogP contribution in [0.1, 0.15) is 19.6 Å². The number of aromatic nitrogens is 1. The molecule has 1 aromatic rings. The van der Waals surface area contributed by atoms with E-state index in [1.807, 2.05) is 6.07 Å². The summed E-state index contributed by atoms with van der Waals surface area (Å²) in [5.41, 5.74) is 1.32. The Labute approximate surface area is 72.4 Å². The van der Waals surface area contributed by atoms with Crippen LogP contribution in [0.25, 0.3) is 0 Å². The number of nitrogens with zero attached hydrogens (tertiary/aromatic N) is 1. The molecule has 66 valence electrons. The maximum absolute atomic E-state index is 4.91. The van der Waals surface area contributed by atoms with Gasteiger partial charge in [-0.25, -0.2) is 0 Å². The highest BCUT2D eigenvalue weighted by molar-refractivity contribution is 4.96. The first-order valence-corrected chi connectivity index (χ1v) is 4.02. The Morgan fingerprint density at radius 3 is 3.08 bits per heavy atom. The maximum Gasteiger partial charge on any atom is 0.150 e. The molecule has 1 aromatic heterocycles. The van der Waals surface area contributed by atoms with E-state index in [0.717, 1.165) is 18.8 Å². The molecule has 0 bridgehead atoms. The second-order valence-electron chi connectivity index (χ2n) is 2.89. The van der Waals surface area contributed by atoms with Crippen LogP contribution >= 0.6 is 0 Å². The summed E-state index contributed by atoms with van der Waals surface area (Å²) < 4.78 is 4.91. The lowest BCUT2D eigenvalue weighted by atomic mass is 10.3. The van der Waals surface area contributed by atoms with Gasteiger partial charge in [-0.3, -0.25) is 0 Å². The van der Waals surface area contributed by atoms with Gasteiger partial charge in [0.2, 0.25) is 0 Å². The van der Waals surface area contributed by atoms with Crippen LogP contribution in [0, 0.1) is 0 Å². The van der Waals surface area contributed by atoms with E-state index in [1.165, 1.54) is 5.57 Å². The third kappa shape index (κ3) is 3.34. The number of allylic oxidation sites excluding steroid dienone is 1. The molecule has 0 aliphatic heterocycles. The third-order valence-corrected chi connectivity index (χ3v) is 1.45. The molecule has 0 aliphatic rings. The van der Waals surface area contributed by atoms with Gasteiger partial charge in [-0.1, -0.05) is 16.8 Å². The zero-order valence-electron chi connectivity index (χ0n) is 7.50. The molecule has 0 aromatic carbocycles. The van der Waals surface area contributed by atoms with Gasteiger partial charge in [0, 0.05) is 12.6 Å². The SMILES string of the molecule is CC(C)=CCNCc1ccno1. The van der Waals surface area contributed by atoms with Crippen molar-refractivity contribution < 1.29 is 4.52 Å². The molecular weight excluding hydrogens is 152 g/mol. The molecule has 3 heteroatoms. The van der Waals surface area contributed by atoms with Crippen LogP contribution < -0.4 is 5.32 Å². The quantitative estimate of drug-likeness (QED) is 0.546. The summed E-state index contributed by atoms with van der Waals surface area (Å²) in [6.07, 6.45) is 3.79. The molecule has 3 nitrogen and oxygen atoms in total. The molecule has 0 saturated heterocycles. The normalized spacial score (nSPS) is 9.83. The van der Waals surface area contributed by atoms with Gasteiger partial charge in [-0.05, 0) is 13.8 Å². The van der Waals surface area contributed by atoms with Crippen LogP contribution in [0.2, 0.25) is 0 Å². The Balaban J connectivity index is 2.16. The first-order valence-electron chi connectivity index (χ1n) is 4.02. The second kappa shape index (κ2) is 4.72. The smallest absolute Gasteiger partial charge is 0.150 e. The minimum Gasteiger partial charge on any atom is -0.360 e. The predicted octanol–water partition coefficient (Wildman–Crippen LogP) is 1.73. The first kappa shape index (κ1) is 9.00. The summed E-state index contributed by atoms with van der Waals surface area (Å²) in [5, 5.41) is 6.81. The summed E-state index contributed by atoms with van der Waals surface area (Å²) in [6, 6.07) is 1.86. The van der Waals surface area contributed by atoms with Crippen molar-refractivity contribution in [2.24, 2.45) is 0 Å². The number of nitrogens with one attached hydrogen (secondary N) is 1. The van der Waals surface area contributed by atoms with Gasteiger partial charge in [0.1, 0.15) is 5.76 Å². The fourth-order valence-electron chi connectivity index (χ4n) is 0.805. The topological polar surface area (TPSA) is 38.1 Å². The molecule has 0 unspecified atom stereocenters. The van der Waals surface area contributed by atoms with Gasteiger partial charge >= 0.3 is 0 Å². The van der Waals surface area contributed by atoms with E-state index in [9.17, 15) is 0 Å². The zero-order valence-corrected chi connectivity index (χ0v) is 7.50. The standard InChI is InChI=1S/C9H14N2O/c1-8(2)3-5-10-7-9-4-6-11-12-9/h3-4,6,10H,5,7H2,1-2H3. The van der Waals surface area contributed by atoms with E-state index < -0.39 is 0 Å². The van der Waals surface area contributed by atoms with Gasteiger partial charge in [-0.2, -0.15) is 0 Å². The third-order valence-electron chi connectivity index (χ3n) is 1.45. The molecule has 0 aliphatic carbocycles. The van der Waals surface area contributed by atoms with Gasteiger partial charge in [0.25, 0.3) is 0 Å². The average Bonchev–Trinajstić information content (AvgIpc) is 2.49. The van der Waals surface area contributed by atoms with Crippen molar-refractivity contribution in [2.45, 2.75) is 20.4 Å². The Kier molecular flexibility index (Phi) is 3.54. The van der Waals surface area contributed by atoms with Crippen molar-refractivity contribution in [1.29, 1.82) is 0 Å². The molecule has 0 fully saturated rings. The monoisotopic (exact) mass is 166 g/mol. The van der Waals surface area contributed by atoms with Gasteiger partial charge < -0.3 is 9.84 Å². The fourth-order valence-corrected chi connectivity index (χ4v) is 0.805. The second-order valence-corrected chi connectivity index (χ2v) is 2.89. The summed E-state index contributed by atoms with van der Waals surface area (Å²) in [5.74, 6) is 0.872. The van der Waals surface area contributed by atoms with Gasteiger partial charge in [0.05, 0.1) is 12.7 Å². The molecule has 0 radical (unpaired) electrons. The molecule has 0 spiro atoms. The molecule has 0 amide bonds. The van der Waals surface area contributed by atoms with Crippen LogP contribution in [-0.2, 0) is 6.54 Å². The highest BCUT2D eigenvalue weighted by Crippen LogP contribution is 1.94. The van der Waals surface area contributed by atoms with Crippen molar-refractivity contribution in [3.63, 3.8) is 0 Å². The highest BCUT2D eigenvalue weighted by Gasteiger charge is 1.93. The van der Waals surface area contributed by atoms with Crippen LogP contribution in [0.5, 0.6) is 0 Å². The van der Waals surface area contributed by atoms with E-state index in [-0.39, 0.29) is 0 Å². The number of hydrogen-bond donors (Lipinski definition) is 1. The lowest BCUT2D eigenvalue weighted by Crippen LogP contribution is -2.12. The van der Waals surface area contributed by atoms with Crippen molar-refractivity contribution in [3.05, 3.63) is 29.7 Å². The summed E-state index contributed by atoms with van der Waals surface area (Å²) in [4.78, 5) is 0. The van der Waals surface area contributed by atoms with Crippen molar-refractivity contribution >= 4 is 0 Å². The van der Waals surface area contributed by atoms with Gasteiger partial charge in [-0.15, -0.1) is 0 Å². The lowest BCUT2D eigenvalue weighted by molar-refractivity contribution is 0.375. The van der Waals surface area contributed by atoms with Gasteiger partial charge in [0.15, 0.2) is 0 Å². The molecule has 1 N–H and O–H groups in total. The molecule has 12 heavy (non-hydrogen) atoms. The summed E-state index contributed by atoms with van der Waals surface area (Å²) in [6.45, 7) is 5.78. The molecule has 0 atom stereocenters. The molecular formula is C9H14N2O. The lowest BCUT2D eigenvalue weighted by Gasteiger charge is -1.96. The first-order chi connectivity index (χ1) is 5.79. The Morgan fingerprint density at radius 1 is 1.67 bits per heavy atom.